The van der Waals surface area contributed by atoms with E-state index in [9.17, 15) is 5.11 Å². The molecule has 4 heteroatoms. The minimum Gasteiger partial charge on any atom is -0.395 e. The van der Waals surface area contributed by atoms with Crippen LogP contribution in [0, 0.1) is 0 Å². The molecule has 1 aromatic heterocycles. The molecule has 18 heavy (non-hydrogen) atoms. The van der Waals surface area contributed by atoms with Gasteiger partial charge in [-0.1, -0.05) is 6.07 Å². The second-order valence-electron chi connectivity index (χ2n) is 5.27. The molecule has 2 unspecified atom stereocenters. The molecule has 2 heterocycles. The number of hydrogen-bond donors (Lipinski definition) is 1. The second kappa shape index (κ2) is 6.27. The van der Waals surface area contributed by atoms with E-state index < -0.39 is 0 Å². The number of aromatic nitrogens is 1. The number of aliphatic hydroxyl groups excluding tert-OH is 1. The van der Waals surface area contributed by atoms with Crippen LogP contribution < -0.4 is 0 Å². The molecule has 0 saturated carbocycles. The van der Waals surface area contributed by atoms with Gasteiger partial charge in [0.15, 0.2) is 0 Å². The van der Waals surface area contributed by atoms with Gasteiger partial charge in [-0.25, -0.2) is 0 Å². The average molecular weight is 249 g/mol. The standard InChI is InChI=1S/C14H23N3O/c1-12-5-7-16(2)10-14(11-18)17(12)9-13-4-3-6-15-8-13/h3-4,6,8,12,14,18H,5,7,9-11H2,1-2H3. The van der Waals surface area contributed by atoms with Gasteiger partial charge in [0.05, 0.1) is 6.61 Å². The Bertz CT molecular complexity index is 357. The molecule has 4 nitrogen and oxygen atoms in total. The van der Waals surface area contributed by atoms with Crippen LogP contribution in [0.1, 0.15) is 18.9 Å². The summed E-state index contributed by atoms with van der Waals surface area (Å²) < 4.78 is 0. The van der Waals surface area contributed by atoms with Crippen molar-refractivity contribution in [1.29, 1.82) is 0 Å². The van der Waals surface area contributed by atoms with Crippen LogP contribution in [0.3, 0.4) is 0 Å². The van der Waals surface area contributed by atoms with E-state index in [1.54, 1.807) is 6.20 Å². The number of pyridine rings is 1. The fourth-order valence-electron chi connectivity index (χ4n) is 2.64. The minimum absolute atomic E-state index is 0.215. The Labute approximate surface area is 109 Å². The van der Waals surface area contributed by atoms with Gasteiger partial charge in [0.2, 0.25) is 0 Å². The van der Waals surface area contributed by atoms with Crippen LogP contribution in [0.2, 0.25) is 0 Å². The molecule has 1 saturated heterocycles. The molecule has 1 N–H and O–H groups in total. The maximum absolute atomic E-state index is 9.62. The van der Waals surface area contributed by atoms with Crippen LogP contribution in [-0.2, 0) is 6.54 Å². The van der Waals surface area contributed by atoms with Gasteiger partial charge >= 0.3 is 0 Å². The van der Waals surface area contributed by atoms with Crippen molar-refractivity contribution in [3.05, 3.63) is 30.1 Å². The molecule has 0 aromatic carbocycles. The summed E-state index contributed by atoms with van der Waals surface area (Å²) in [6.45, 7) is 5.36. The molecule has 2 atom stereocenters. The third-order valence-corrected chi connectivity index (χ3v) is 3.78. The van der Waals surface area contributed by atoms with E-state index in [2.05, 4.69) is 34.8 Å². The van der Waals surface area contributed by atoms with Crippen molar-refractivity contribution in [2.75, 3.05) is 26.7 Å². The van der Waals surface area contributed by atoms with Gasteiger partial charge < -0.3 is 10.0 Å². The van der Waals surface area contributed by atoms with Gasteiger partial charge in [-0.05, 0) is 38.6 Å². The van der Waals surface area contributed by atoms with Crippen LogP contribution >= 0.6 is 0 Å². The van der Waals surface area contributed by atoms with Gasteiger partial charge in [0, 0.05) is 37.6 Å². The fourth-order valence-corrected chi connectivity index (χ4v) is 2.64. The molecule has 100 valence electrons. The molecule has 0 bridgehead atoms. The number of nitrogens with zero attached hydrogens (tertiary/aromatic N) is 3. The second-order valence-corrected chi connectivity index (χ2v) is 5.27. The summed E-state index contributed by atoms with van der Waals surface area (Å²) in [5, 5.41) is 9.62. The van der Waals surface area contributed by atoms with E-state index in [-0.39, 0.29) is 12.6 Å². The maximum Gasteiger partial charge on any atom is 0.0599 e. The summed E-state index contributed by atoms with van der Waals surface area (Å²) in [7, 11) is 2.13. The van der Waals surface area contributed by atoms with E-state index in [1.807, 2.05) is 12.3 Å². The largest absolute Gasteiger partial charge is 0.395 e. The van der Waals surface area contributed by atoms with Crippen molar-refractivity contribution in [1.82, 2.24) is 14.8 Å². The molecule has 1 aromatic rings. The Kier molecular flexibility index (Phi) is 4.69. The molecule has 2 rings (SSSR count). The Morgan fingerprint density at radius 1 is 1.50 bits per heavy atom. The Morgan fingerprint density at radius 2 is 2.33 bits per heavy atom. The first-order valence-corrected chi connectivity index (χ1v) is 6.64. The first-order chi connectivity index (χ1) is 8.70. The highest BCUT2D eigenvalue weighted by molar-refractivity contribution is 5.09. The van der Waals surface area contributed by atoms with Crippen molar-refractivity contribution in [3.8, 4) is 0 Å². The first kappa shape index (κ1) is 13.5. The predicted octanol–water partition coefficient (Wildman–Crippen LogP) is 0.968. The minimum atomic E-state index is 0.215. The van der Waals surface area contributed by atoms with Gasteiger partial charge in [-0.2, -0.15) is 0 Å². The van der Waals surface area contributed by atoms with Crippen molar-refractivity contribution in [2.24, 2.45) is 0 Å². The van der Waals surface area contributed by atoms with Crippen LogP contribution in [0.15, 0.2) is 24.5 Å². The van der Waals surface area contributed by atoms with Gasteiger partial charge in [0.25, 0.3) is 0 Å². The molecular weight excluding hydrogens is 226 g/mol. The van der Waals surface area contributed by atoms with Gasteiger partial charge in [-0.15, -0.1) is 0 Å². The Balaban J connectivity index is 2.11. The monoisotopic (exact) mass is 249 g/mol. The quantitative estimate of drug-likeness (QED) is 0.866. The van der Waals surface area contributed by atoms with Gasteiger partial charge in [0.1, 0.15) is 0 Å². The summed E-state index contributed by atoms with van der Waals surface area (Å²) >= 11 is 0. The Morgan fingerprint density at radius 3 is 3.00 bits per heavy atom. The lowest BCUT2D eigenvalue weighted by atomic mass is 10.1. The highest BCUT2D eigenvalue weighted by atomic mass is 16.3. The summed E-state index contributed by atoms with van der Waals surface area (Å²) in [6.07, 6.45) is 4.86. The van der Waals surface area contributed by atoms with Crippen LogP contribution in [0.5, 0.6) is 0 Å². The summed E-state index contributed by atoms with van der Waals surface area (Å²) in [5.41, 5.74) is 1.22. The van der Waals surface area contributed by atoms with Crippen molar-refractivity contribution in [3.63, 3.8) is 0 Å². The maximum atomic E-state index is 9.62. The topological polar surface area (TPSA) is 39.6 Å². The highest BCUT2D eigenvalue weighted by Gasteiger charge is 2.27. The lowest BCUT2D eigenvalue weighted by molar-refractivity contribution is 0.0827. The van der Waals surface area contributed by atoms with E-state index in [1.165, 1.54) is 5.56 Å². The van der Waals surface area contributed by atoms with E-state index in [4.69, 9.17) is 0 Å². The van der Waals surface area contributed by atoms with E-state index in [0.717, 1.165) is 26.1 Å². The average Bonchev–Trinajstić information content (AvgIpc) is 2.53. The summed E-state index contributed by atoms with van der Waals surface area (Å²) in [6, 6.07) is 4.78. The number of hydrogen-bond acceptors (Lipinski definition) is 4. The van der Waals surface area contributed by atoms with Crippen LogP contribution in [0.4, 0.5) is 0 Å². The molecule has 0 aliphatic carbocycles. The number of rotatable bonds is 3. The van der Waals surface area contributed by atoms with Gasteiger partial charge in [-0.3, -0.25) is 9.88 Å². The summed E-state index contributed by atoms with van der Waals surface area (Å²) in [5.74, 6) is 0. The zero-order chi connectivity index (χ0) is 13.0. The van der Waals surface area contributed by atoms with E-state index in [0.29, 0.717) is 6.04 Å². The lowest BCUT2D eigenvalue weighted by Crippen LogP contribution is -2.45. The third kappa shape index (κ3) is 3.28. The molecular formula is C14H23N3O. The first-order valence-electron chi connectivity index (χ1n) is 6.64. The SMILES string of the molecule is CC1CCN(C)CC(CO)N1Cc1cccnc1. The van der Waals surface area contributed by atoms with Crippen molar-refractivity contribution >= 4 is 0 Å². The number of aliphatic hydroxyl groups is 1. The normalized spacial score (nSPS) is 27.1. The smallest absolute Gasteiger partial charge is 0.0599 e. The highest BCUT2D eigenvalue weighted by Crippen LogP contribution is 2.18. The zero-order valence-electron chi connectivity index (χ0n) is 11.3. The third-order valence-electron chi connectivity index (χ3n) is 3.78. The Hall–Kier alpha value is -0.970. The fraction of sp³-hybridized carbons (Fsp3) is 0.643. The lowest BCUT2D eigenvalue weighted by Gasteiger charge is -2.33. The van der Waals surface area contributed by atoms with Crippen molar-refractivity contribution in [2.45, 2.75) is 32.0 Å². The molecule has 1 aliphatic rings. The molecule has 1 aliphatic heterocycles. The molecule has 0 spiro atoms. The molecule has 0 radical (unpaired) electrons. The molecule has 0 amide bonds. The number of likely N-dealkylation sites (N-methyl/N-ethyl adjacent to an activating group) is 1. The van der Waals surface area contributed by atoms with Crippen LogP contribution in [0.25, 0.3) is 0 Å². The molecule has 1 fully saturated rings. The van der Waals surface area contributed by atoms with Crippen LogP contribution in [-0.4, -0.2) is 58.7 Å². The van der Waals surface area contributed by atoms with Crippen molar-refractivity contribution < 1.29 is 5.11 Å². The zero-order valence-corrected chi connectivity index (χ0v) is 11.3. The van der Waals surface area contributed by atoms with E-state index >= 15 is 0 Å². The predicted molar refractivity (Wildman–Crippen MR) is 72.2 cm³/mol. The summed E-state index contributed by atoms with van der Waals surface area (Å²) in [4.78, 5) is 8.87.